The molecule has 3 heterocycles. The third kappa shape index (κ3) is 12.5. The highest BCUT2D eigenvalue weighted by Gasteiger charge is 2.41. The molecule has 2 aliphatic carbocycles. The van der Waals surface area contributed by atoms with Crippen molar-refractivity contribution in [3.05, 3.63) is 46.8 Å². The number of ether oxygens (including phenoxy) is 3. The van der Waals surface area contributed by atoms with Crippen LogP contribution in [0.4, 0.5) is 26.3 Å². The van der Waals surface area contributed by atoms with E-state index in [9.17, 15) is 31.4 Å². The molecule has 4 aromatic rings. The summed E-state index contributed by atoms with van der Waals surface area (Å²) in [5.74, 6) is 1.46. The zero-order chi connectivity index (χ0) is 45.3. The van der Waals surface area contributed by atoms with E-state index in [-0.39, 0.29) is 57.6 Å². The lowest BCUT2D eigenvalue weighted by Gasteiger charge is -2.39. The molecular weight excluding hydrogens is 835 g/mol. The highest BCUT2D eigenvalue weighted by molar-refractivity contribution is 6.74. The zero-order valence-corrected chi connectivity index (χ0v) is 38.4. The van der Waals surface area contributed by atoms with Crippen molar-refractivity contribution in [3.8, 4) is 11.5 Å². The van der Waals surface area contributed by atoms with Crippen LogP contribution >= 0.6 is 0 Å². The first-order valence-electron chi connectivity index (χ1n) is 22.4. The molecule has 62 heavy (non-hydrogen) atoms. The lowest BCUT2D eigenvalue weighted by atomic mass is 9.87. The van der Waals surface area contributed by atoms with Gasteiger partial charge in [0.25, 0.3) is 0 Å². The van der Waals surface area contributed by atoms with E-state index in [1.165, 1.54) is 25.0 Å². The quantitative estimate of drug-likeness (QED) is 0.110. The minimum absolute atomic E-state index is 0.00486. The molecular formula is C46H66F6N2O7Si. The van der Waals surface area contributed by atoms with Crippen molar-refractivity contribution in [1.82, 2.24) is 10.3 Å². The molecule has 0 radical (unpaired) electrons. The van der Waals surface area contributed by atoms with Crippen LogP contribution in [0.2, 0.25) is 18.1 Å². The number of halogens is 6. The molecule has 348 valence electrons. The van der Waals surface area contributed by atoms with Crippen LogP contribution in [0.25, 0.3) is 21.9 Å². The van der Waals surface area contributed by atoms with Gasteiger partial charge in [0.05, 0.1) is 10.8 Å². The third-order valence-corrected chi connectivity index (χ3v) is 17.2. The first kappa shape index (κ1) is 49.7. The number of rotatable bonds is 12. The summed E-state index contributed by atoms with van der Waals surface area (Å²) in [6.45, 7) is 17.8. The highest BCUT2D eigenvalue weighted by Crippen LogP contribution is 2.42. The number of hydrogen-bond donors (Lipinski definition) is 1. The maximum atomic E-state index is 13.3. The predicted molar refractivity (Wildman–Crippen MR) is 229 cm³/mol. The van der Waals surface area contributed by atoms with E-state index in [1.807, 2.05) is 13.8 Å². The van der Waals surface area contributed by atoms with Crippen molar-refractivity contribution < 1.29 is 59.1 Å². The lowest BCUT2D eigenvalue weighted by Crippen LogP contribution is -2.44. The molecule has 2 aromatic heterocycles. The van der Waals surface area contributed by atoms with Gasteiger partial charge in [-0.2, -0.15) is 26.3 Å². The molecule has 1 N–H and O–H groups in total. The number of aryl methyl sites for hydroxylation is 2. The fourth-order valence-corrected chi connectivity index (χ4v) is 9.17. The maximum Gasteiger partial charge on any atom is 0.437 e. The predicted octanol–water partition coefficient (Wildman–Crippen LogP) is 13.3. The van der Waals surface area contributed by atoms with Gasteiger partial charge in [0.15, 0.2) is 30.9 Å². The van der Waals surface area contributed by atoms with Crippen LogP contribution in [0, 0.1) is 11.8 Å². The standard InChI is InChI=1S/C24H36F3NO3Si.C18H22F3NO3.C4H8O/c1-7-10-17-20(14-13-18-21(17)31-28-22(18)24(25,26)27)30-19-12-9-8-11-16(19)15-29-32(5,6)23(2,3)4;1-2-5-12-15(24-14-7-4-3-6-11(14)10-23)9-8-13-16(12)25-22-17(13)18(19,20)21;1-2-4-5-3-1/h13-14,16,19H,7-12,15H2,1-6H3;8-9,11,14,23H,2-7,10H2,1H3;1-4H2/t16-,19?;11-,14?;/m00./s1. The molecule has 1 saturated heterocycles. The summed E-state index contributed by atoms with van der Waals surface area (Å²) in [6, 6.07) is 6.01. The number of alkyl halides is 6. The Kier molecular flexibility index (Phi) is 17.3. The van der Waals surface area contributed by atoms with E-state index < -0.39 is 32.1 Å². The van der Waals surface area contributed by atoms with Gasteiger partial charge in [0.2, 0.25) is 0 Å². The molecule has 0 amide bonds. The fraction of sp³-hybridized carbons (Fsp3) is 0.696. The first-order valence-corrected chi connectivity index (χ1v) is 25.3. The highest BCUT2D eigenvalue weighted by atomic mass is 28.4. The molecule has 1 aliphatic heterocycles. The van der Waals surface area contributed by atoms with Crippen LogP contribution < -0.4 is 9.47 Å². The van der Waals surface area contributed by atoms with Gasteiger partial charge >= 0.3 is 12.4 Å². The van der Waals surface area contributed by atoms with E-state index in [0.717, 1.165) is 77.4 Å². The Hall–Kier alpha value is -3.34. The van der Waals surface area contributed by atoms with Crippen molar-refractivity contribution in [2.45, 2.75) is 167 Å². The van der Waals surface area contributed by atoms with Crippen molar-refractivity contribution in [2.75, 3.05) is 26.4 Å². The second kappa shape index (κ2) is 21.6. The van der Waals surface area contributed by atoms with E-state index in [0.29, 0.717) is 42.1 Å². The molecule has 0 bridgehead atoms. The average Bonchev–Trinajstić information content (AvgIpc) is 4.02. The molecule has 3 fully saturated rings. The van der Waals surface area contributed by atoms with E-state index in [2.05, 4.69) is 44.2 Å². The average molecular weight is 901 g/mol. The molecule has 2 unspecified atom stereocenters. The smallest absolute Gasteiger partial charge is 0.437 e. The molecule has 16 heteroatoms. The minimum Gasteiger partial charge on any atom is -0.490 e. The van der Waals surface area contributed by atoms with Crippen LogP contribution in [0.15, 0.2) is 33.3 Å². The SMILES string of the molecule is C1CCOC1.CCCc1c(OC2CCCC[C@H]2CO)ccc2c(C(F)(F)F)noc12.CCCc1c(OC2CCCC[C@H]2CO[Si](C)(C)C(C)(C)C)ccc2c(C(F)(F)F)noc12. The van der Waals surface area contributed by atoms with Gasteiger partial charge in [-0.15, -0.1) is 0 Å². The molecule has 0 spiro atoms. The Morgan fingerprint density at radius 3 is 1.48 bits per heavy atom. The van der Waals surface area contributed by atoms with Gasteiger partial charge in [0, 0.05) is 49.4 Å². The van der Waals surface area contributed by atoms with E-state index in [1.54, 1.807) is 12.1 Å². The summed E-state index contributed by atoms with van der Waals surface area (Å²) in [5, 5.41) is 16.2. The van der Waals surface area contributed by atoms with Gasteiger partial charge in [-0.1, -0.05) is 70.6 Å². The molecule has 2 saturated carbocycles. The molecule has 4 atom stereocenters. The van der Waals surface area contributed by atoms with Gasteiger partial charge in [-0.05, 0) is 107 Å². The zero-order valence-electron chi connectivity index (χ0n) is 37.4. The van der Waals surface area contributed by atoms with Crippen molar-refractivity contribution in [1.29, 1.82) is 0 Å². The monoisotopic (exact) mass is 900 g/mol. The molecule has 2 aromatic carbocycles. The van der Waals surface area contributed by atoms with E-state index >= 15 is 0 Å². The Morgan fingerprint density at radius 1 is 0.661 bits per heavy atom. The number of hydrogen-bond acceptors (Lipinski definition) is 9. The van der Waals surface area contributed by atoms with Gasteiger partial charge < -0.3 is 32.8 Å². The summed E-state index contributed by atoms with van der Waals surface area (Å²) in [5.41, 5.74) is -0.371. The Balaban J connectivity index is 0.000000215. The van der Waals surface area contributed by atoms with Crippen molar-refractivity contribution in [2.24, 2.45) is 11.8 Å². The molecule has 9 nitrogen and oxygen atoms in total. The van der Waals surface area contributed by atoms with Crippen molar-refractivity contribution in [3.63, 3.8) is 0 Å². The van der Waals surface area contributed by atoms with Crippen LogP contribution in [0.5, 0.6) is 11.5 Å². The summed E-state index contributed by atoms with van der Waals surface area (Å²) in [6.07, 6.45) is 3.89. The Morgan fingerprint density at radius 2 is 1.10 bits per heavy atom. The summed E-state index contributed by atoms with van der Waals surface area (Å²) >= 11 is 0. The summed E-state index contributed by atoms with van der Waals surface area (Å²) in [4.78, 5) is 0. The number of fused-ring (bicyclic) bond motifs is 2. The van der Waals surface area contributed by atoms with Crippen LogP contribution in [0.3, 0.4) is 0 Å². The Labute approximate surface area is 362 Å². The van der Waals surface area contributed by atoms with Gasteiger partial charge in [0.1, 0.15) is 23.7 Å². The molecule has 7 rings (SSSR count). The third-order valence-electron chi connectivity index (χ3n) is 12.7. The number of benzene rings is 2. The second-order valence-electron chi connectivity index (χ2n) is 18.4. The van der Waals surface area contributed by atoms with Crippen LogP contribution in [0.1, 0.15) is 134 Å². The van der Waals surface area contributed by atoms with Crippen LogP contribution in [-0.4, -0.2) is 62.4 Å². The topological polar surface area (TPSA) is 109 Å². The lowest BCUT2D eigenvalue weighted by molar-refractivity contribution is -0.142. The van der Waals surface area contributed by atoms with Gasteiger partial charge in [-0.25, -0.2) is 0 Å². The van der Waals surface area contributed by atoms with Crippen LogP contribution in [-0.2, 0) is 34.4 Å². The van der Waals surface area contributed by atoms with E-state index in [4.69, 9.17) is 27.7 Å². The number of nitrogens with zero attached hydrogens (tertiary/aromatic N) is 2. The number of aliphatic hydroxyl groups excluding tert-OH is 1. The normalized spacial score (nSPS) is 21.3. The Bertz CT molecular complexity index is 2000. The summed E-state index contributed by atoms with van der Waals surface area (Å²) in [7, 11) is -1.87. The minimum atomic E-state index is -4.55. The second-order valence-corrected chi connectivity index (χ2v) is 23.2. The number of aromatic nitrogens is 2. The molecule has 3 aliphatic rings. The van der Waals surface area contributed by atoms with Gasteiger partial charge in [-0.3, -0.25) is 0 Å². The largest absolute Gasteiger partial charge is 0.490 e. The fourth-order valence-electron chi connectivity index (χ4n) is 8.11. The maximum absolute atomic E-state index is 13.3. The first-order chi connectivity index (χ1) is 29.3. The summed E-state index contributed by atoms with van der Waals surface area (Å²) < 4.78 is 113. The number of aliphatic hydroxyl groups is 1. The van der Waals surface area contributed by atoms with Crippen molar-refractivity contribution >= 4 is 30.3 Å².